The molecule has 2 aromatic carbocycles. The summed E-state index contributed by atoms with van der Waals surface area (Å²) >= 11 is 0. The number of carbonyl (C=O) groups is 1. The molecule has 0 saturated carbocycles. The molecular weight excluding hydrogens is 415 g/mol. The maximum absolute atomic E-state index is 12.6. The molecule has 0 saturated heterocycles. The van der Waals surface area contributed by atoms with Crippen LogP contribution >= 0.6 is 12.4 Å². The first-order valence-corrected chi connectivity index (χ1v) is 8.88. The van der Waals surface area contributed by atoms with Gasteiger partial charge in [-0.15, -0.1) is 12.4 Å². The van der Waals surface area contributed by atoms with Crippen LogP contribution in [0.15, 0.2) is 54.6 Å². The number of benzene rings is 2. The molecule has 8 heteroatoms. The molecule has 1 heterocycles. The van der Waals surface area contributed by atoms with Crippen molar-refractivity contribution in [1.29, 1.82) is 0 Å². The Labute approximate surface area is 178 Å². The maximum Gasteiger partial charge on any atom is 0.416 e. The summed E-state index contributed by atoms with van der Waals surface area (Å²) in [5, 5.41) is 3.69. The third kappa shape index (κ3) is 5.51. The molecule has 0 spiro atoms. The van der Waals surface area contributed by atoms with Gasteiger partial charge in [0.1, 0.15) is 5.82 Å². The molecule has 1 amide bonds. The molecule has 0 unspecified atom stereocenters. The molecule has 0 aliphatic carbocycles. The number of aromatic nitrogens is 1. The number of nitrogens with zero attached hydrogens (tertiary/aromatic N) is 2. The van der Waals surface area contributed by atoms with Crippen molar-refractivity contribution in [3.63, 3.8) is 0 Å². The average Bonchev–Trinajstić information content (AvgIpc) is 2.66. The molecular formula is C22H21ClF3N3O. The van der Waals surface area contributed by atoms with E-state index in [2.05, 4.69) is 10.3 Å². The van der Waals surface area contributed by atoms with E-state index in [1.54, 1.807) is 6.07 Å². The quantitative estimate of drug-likeness (QED) is 0.534. The van der Waals surface area contributed by atoms with Gasteiger partial charge in [0.05, 0.1) is 11.1 Å². The second-order valence-electron chi connectivity index (χ2n) is 6.87. The van der Waals surface area contributed by atoms with E-state index in [0.29, 0.717) is 11.3 Å². The van der Waals surface area contributed by atoms with E-state index in [4.69, 9.17) is 0 Å². The van der Waals surface area contributed by atoms with Gasteiger partial charge in [0, 0.05) is 31.2 Å². The number of hydrogen-bond donors (Lipinski definition) is 1. The number of carbonyl (C=O) groups excluding carboxylic acids is 1. The van der Waals surface area contributed by atoms with Crippen LogP contribution in [0, 0.1) is 6.92 Å². The lowest BCUT2D eigenvalue weighted by molar-refractivity contribution is -0.137. The van der Waals surface area contributed by atoms with Crippen LogP contribution in [0.2, 0.25) is 0 Å². The zero-order valence-corrected chi connectivity index (χ0v) is 17.4. The number of halogens is 4. The smallest absolute Gasteiger partial charge is 0.363 e. The first-order chi connectivity index (χ1) is 13.6. The van der Waals surface area contributed by atoms with Crippen LogP contribution in [0.5, 0.6) is 0 Å². The molecule has 3 aromatic rings. The minimum absolute atomic E-state index is 0. The van der Waals surface area contributed by atoms with E-state index in [-0.39, 0.29) is 18.3 Å². The van der Waals surface area contributed by atoms with E-state index in [1.807, 2.05) is 44.1 Å². The van der Waals surface area contributed by atoms with Crippen molar-refractivity contribution in [3.05, 3.63) is 71.3 Å². The fourth-order valence-corrected chi connectivity index (χ4v) is 2.82. The van der Waals surface area contributed by atoms with E-state index in [1.165, 1.54) is 24.3 Å². The van der Waals surface area contributed by atoms with Gasteiger partial charge >= 0.3 is 6.18 Å². The molecule has 0 atom stereocenters. The molecule has 0 aliphatic rings. The van der Waals surface area contributed by atoms with Gasteiger partial charge in [-0.1, -0.05) is 12.1 Å². The summed E-state index contributed by atoms with van der Waals surface area (Å²) in [5.74, 6) is 0.478. The Kier molecular flexibility index (Phi) is 7.10. The lowest BCUT2D eigenvalue weighted by Crippen LogP contribution is -2.11. The highest BCUT2D eigenvalue weighted by molar-refractivity contribution is 6.03. The van der Waals surface area contributed by atoms with Gasteiger partial charge in [-0.3, -0.25) is 4.79 Å². The summed E-state index contributed by atoms with van der Waals surface area (Å²) in [6.07, 6.45) is -1.63. The molecule has 0 radical (unpaired) electrons. The van der Waals surface area contributed by atoms with E-state index < -0.39 is 11.7 Å². The molecule has 3 rings (SSSR count). The molecule has 158 valence electrons. The van der Waals surface area contributed by atoms with Crippen molar-refractivity contribution in [2.75, 3.05) is 24.3 Å². The summed E-state index contributed by atoms with van der Waals surface area (Å²) in [4.78, 5) is 18.7. The summed E-state index contributed by atoms with van der Waals surface area (Å²) in [6.45, 7) is 1.98. The van der Waals surface area contributed by atoms with Crippen molar-refractivity contribution in [2.24, 2.45) is 0 Å². The summed E-state index contributed by atoms with van der Waals surface area (Å²) in [7, 11) is 3.84. The molecule has 30 heavy (non-hydrogen) atoms. The number of nitrogens with one attached hydrogen (secondary N) is 1. The average molecular weight is 436 g/mol. The van der Waals surface area contributed by atoms with Crippen molar-refractivity contribution < 1.29 is 18.0 Å². The fourth-order valence-electron chi connectivity index (χ4n) is 2.82. The molecule has 0 aliphatic heterocycles. The van der Waals surface area contributed by atoms with Crippen molar-refractivity contribution in [3.8, 4) is 0 Å². The highest BCUT2D eigenvalue weighted by Crippen LogP contribution is 2.29. The summed E-state index contributed by atoms with van der Waals surface area (Å²) in [5.41, 5.74) is 2.25. The number of anilines is 2. The molecule has 4 nitrogen and oxygen atoms in total. The Balaban J connectivity index is 0.00000320. The number of aryl methyl sites for hydroxylation is 1. The number of amides is 1. The Morgan fingerprint density at radius 2 is 1.73 bits per heavy atom. The van der Waals surface area contributed by atoms with Gasteiger partial charge in [0.25, 0.3) is 0 Å². The van der Waals surface area contributed by atoms with Gasteiger partial charge < -0.3 is 10.2 Å². The van der Waals surface area contributed by atoms with Gasteiger partial charge in [0.15, 0.2) is 0 Å². The van der Waals surface area contributed by atoms with Crippen LogP contribution in [0.1, 0.15) is 16.7 Å². The largest absolute Gasteiger partial charge is 0.416 e. The van der Waals surface area contributed by atoms with Crippen LogP contribution in [0.25, 0.3) is 17.0 Å². The van der Waals surface area contributed by atoms with Gasteiger partial charge in [-0.05, 0) is 60.5 Å². The minimum Gasteiger partial charge on any atom is -0.363 e. The van der Waals surface area contributed by atoms with E-state index in [0.717, 1.165) is 34.4 Å². The molecule has 0 bridgehead atoms. The van der Waals surface area contributed by atoms with Crippen molar-refractivity contribution in [1.82, 2.24) is 4.98 Å². The summed E-state index contributed by atoms with van der Waals surface area (Å²) < 4.78 is 37.8. The second-order valence-corrected chi connectivity index (χ2v) is 6.87. The zero-order chi connectivity index (χ0) is 21.2. The zero-order valence-electron chi connectivity index (χ0n) is 16.6. The minimum atomic E-state index is -4.38. The number of hydrogen-bond acceptors (Lipinski definition) is 3. The predicted molar refractivity (Wildman–Crippen MR) is 117 cm³/mol. The topological polar surface area (TPSA) is 45.2 Å². The highest BCUT2D eigenvalue weighted by Gasteiger charge is 2.29. The molecule has 1 N–H and O–H groups in total. The van der Waals surface area contributed by atoms with Crippen LogP contribution in [0.3, 0.4) is 0 Å². The van der Waals surface area contributed by atoms with Crippen LogP contribution < -0.4 is 10.2 Å². The summed E-state index contributed by atoms with van der Waals surface area (Å²) in [6, 6.07) is 12.0. The van der Waals surface area contributed by atoms with Crippen molar-refractivity contribution in [2.45, 2.75) is 13.1 Å². The van der Waals surface area contributed by atoms with Crippen LogP contribution in [-0.4, -0.2) is 25.0 Å². The lowest BCUT2D eigenvalue weighted by atomic mass is 10.1. The first-order valence-electron chi connectivity index (χ1n) is 8.88. The lowest BCUT2D eigenvalue weighted by Gasteiger charge is -2.14. The Morgan fingerprint density at radius 3 is 2.33 bits per heavy atom. The second kappa shape index (κ2) is 9.17. The van der Waals surface area contributed by atoms with Crippen molar-refractivity contribution >= 4 is 46.8 Å². The predicted octanol–water partition coefficient (Wildman–Crippen LogP) is 5.70. The van der Waals surface area contributed by atoms with Gasteiger partial charge in [-0.2, -0.15) is 13.2 Å². The standard InChI is InChI=1S/C22H20F3N3O.ClH/c1-14-12-20(28(2)3)27-19-10-9-17(13-18(14)19)26-21(29)11-6-15-4-7-16(8-5-15)22(23,24)25;/h4-13H,1-3H3,(H,26,29);1H/b11-6+;. The fraction of sp³-hybridized carbons (Fsp3) is 0.182. The Morgan fingerprint density at radius 1 is 1.07 bits per heavy atom. The van der Waals surface area contributed by atoms with Crippen LogP contribution in [0.4, 0.5) is 24.7 Å². The van der Waals surface area contributed by atoms with Gasteiger partial charge in [-0.25, -0.2) is 4.98 Å². The maximum atomic E-state index is 12.6. The monoisotopic (exact) mass is 435 g/mol. The number of alkyl halides is 3. The highest BCUT2D eigenvalue weighted by atomic mass is 35.5. The number of fused-ring (bicyclic) bond motifs is 1. The number of pyridine rings is 1. The Bertz CT molecular complexity index is 1080. The van der Waals surface area contributed by atoms with E-state index in [9.17, 15) is 18.0 Å². The van der Waals surface area contributed by atoms with E-state index >= 15 is 0 Å². The van der Waals surface area contributed by atoms with Crippen LogP contribution in [-0.2, 0) is 11.0 Å². The normalized spacial score (nSPS) is 11.4. The third-order valence-electron chi connectivity index (χ3n) is 4.39. The Hall–Kier alpha value is -3.06. The molecule has 0 fully saturated rings. The third-order valence-corrected chi connectivity index (χ3v) is 4.39. The van der Waals surface area contributed by atoms with Gasteiger partial charge in [0.2, 0.25) is 5.91 Å². The first kappa shape index (κ1) is 23.2. The molecule has 1 aromatic heterocycles. The SMILES string of the molecule is Cc1cc(N(C)C)nc2ccc(NC(=O)/C=C/c3ccc(C(F)(F)F)cc3)cc12.Cl. The number of rotatable bonds is 4.